The fourth-order valence-corrected chi connectivity index (χ4v) is 2.35. The second-order valence-electron chi connectivity index (χ2n) is 6.61. The van der Waals surface area contributed by atoms with Gasteiger partial charge in [-0.15, -0.1) is 0 Å². The van der Waals surface area contributed by atoms with E-state index in [0.717, 1.165) is 12.8 Å². The summed E-state index contributed by atoms with van der Waals surface area (Å²) in [6.45, 7) is 7.10. The lowest BCUT2D eigenvalue weighted by Crippen LogP contribution is -2.40. The van der Waals surface area contributed by atoms with Crippen molar-refractivity contribution in [2.75, 3.05) is 0 Å². The van der Waals surface area contributed by atoms with Crippen LogP contribution in [-0.4, -0.2) is 40.4 Å². The molecule has 0 saturated carbocycles. The lowest BCUT2D eigenvalue weighted by atomic mass is 10.1. The van der Waals surface area contributed by atoms with E-state index in [2.05, 4.69) is 0 Å². The van der Waals surface area contributed by atoms with E-state index >= 15 is 0 Å². The van der Waals surface area contributed by atoms with E-state index in [1.165, 1.54) is 12.1 Å². The van der Waals surface area contributed by atoms with Crippen LogP contribution >= 0.6 is 0 Å². The first-order valence-corrected chi connectivity index (χ1v) is 8.83. The van der Waals surface area contributed by atoms with Crippen LogP contribution in [0.3, 0.4) is 0 Å². The van der Waals surface area contributed by atoms with Gasteiger partial charge >= 0.3 is 11.9 Å². The highest BCUT2D eigenvalue weighted by Gasteiger charge is 2.25. The maximum atomic E-state index is 12.1. The van der Waals surface area contributed by atoms with Crippen molar-refractivity contribution in [1.82, 2.24) is 0 Å². The number of rotatable bonds is 9. The van der Waals surface area contributed by atoms with E-state index in [1.54, 1.807) is 26.8 Å². The van der Waals surface area contributed by atoms with Crippen molar-refractivity contribution in [2.45, 2.75) is 65.2 Å². The van der Waals surface area contributed by atoms with Crippen LogP contribution in [0.2, 0.25) is 0 Å². The van der Waals surface area contributed by atoms with Crippen molar-refractivity contribution in [3.8, 4) is 11.5 Å². The van der Waals surface area contributed by atoms with Gasteiger partial charge in [-0.3, -0.25) is 9.59 Å². The molecule has 1 aromatic rings. The van der Waals surface area contributed by atoms with Crippen molar-refractivity contribution in [1.29, 1.82) is 0 Å². The summed E-state index contributed by atoms with van der Waals surface area (Å²) in [5.41, 5.74) is 6.44. The smallest absolute Gasteiger partial charge is 0.323 e. The Balaban J connectivity index is 2.53. The Bertz CT molecular complexity index is 618. The van der Waals surface area contributed by atoms with E-state index in [4.69, 9.17) is 15.2 Å². The van der Waals surface area contributed by atoms with Gasteiger partial charge in [-0.25, -0.2) is 0 Å². The summed E-state index contributed by atoms with van der Waals surface area (Å²) in [6, 6.07) is 3.28. The zero-order valence-corrected chi connectivity index (χ0v) is 15.8. The van der Waals surface area contributed by atoms with Crippen LogP contribution in [0.4, 0.5) is 0 Å². The number of carbonyl (C=O) groups excluding carboxylic acids is 2. The maximum absolute atomic E-state index is 12.1. The summed E-state index contributed by atoms with van der Waals surface area (Å²) in [5, 5.41) is 18.8. The summed E-state index contributed by atoms with van der Waals surface area (Å²) in [6.07, 6.45) is 0.539. The average molecular weight is 367 g/mol. The van der Waals surface area contributed by atoms with Crippen molar-refractivity contribution >= 4 is 11.9 Å². The molecule has 4 N–H and O–H groups in total. The first-order chi connectivity index (χ1) is 12.1. The number of carbonyl (C=O) groups is 2. The van der Waals surface area contributed by atoms with Gasteiger partial charge in [0.2, 0.25) is 0 Å². The Kier molecular flexibility index (Phi) is 8.38. The molecule has 7 nitrogen and oxygen atoms in total. The van der Waals surface area contributed by atoms with Crippen molar-refractivity contribution in [3.05, 3.63) is 23.8 Å². The number of phenolic OH excluding ortho intramolecular Hbond substituents is 2. The minimum atomic E-state index is -0.941. The third-order valence-electron chi connectivity index (χ3n) is 4.19. The monoisotopic (exact) mass is 367 g/mol. The molecule has 0 aliphatic heterocycles. The van der Waals surface area contributed by atoms with E-state index in [-0.39, 0.29) is 29.8 Å². The molecule has 146 valence electrons. The lowest BCUT2D eigenvalue weighted by Gasteiger charge is -2.23. The number of aromatic hydroxyl groups is 2. The Labute approximate surface area is 154 Å². The van der Waals surface area contributed by atoms with Gasteiger partial charge in [-0.2, -0.15) is 0 Å². The van der Waals surface area contributed by atoms with E-state index in [1.807, 2.05) is 6.92 Å². The Morgan fingerprint density at radius 3 is 2.15 bits per heavy atom. The van der Waals surface area contributed by atoms with Crippen LogP contribution < -0.4 is 5.73 Å². The highest BCUT2D eigenvalue weighted by Crippen LogP contribution is 2.25. The predicted molar refractivity (Wildman–Crippen MR) is 96.6 cm³/mol. The number of benzene rings is 1. The Morgan fingerprint density at radius 2 is 1.62 bits per heavy atom. The van der Waals surface area contributed by atoms with Crippen molar-refractivity contribution in [2.24, 2.45) is 11.7 Å². The number of hydrogen-bond acceptors (Lipinski definition) is 7. The molecule has 26 heavy (non-hydrogen) atoms. The number of nitrogens with two attached hydrogens (primary N) is 1. The second kappa shape index (κ2) is 10.0. The summed E-state index contributed by atoms with van der Waals surface area (Å²) >= 11 is 0. The molecule has 0 aromatic heterocycles. The Morgan fingerprint density at radius 1 is 1.04 bits per heavy atom. The van der Waals surface area contributed by atoms with Gasteiger partial charge < -0.3 is 25.4 Å². The molecule has 0 heterocycles. The van der Waals surface area contributed by atoms with E-state index < -0.39 is 24.2 Å². The molecular weight excluding hydrogens is 338 g/mol. The number of esters is 2. The number of hydrogen-bond donors (Lipinski definition) is 3. The van der Waals surface area contributed by atoms with Crippen molar-refractivity contribution in [3.63, 3.8) is 0 Å². The van der Waals surface area contributed by atoms with Crippen LogP contribution in [0.5, 0.6) is 11.5 Å². The van der Waals surface area contributed by atoms with Crippen LogP contribution in [0.25, 0.3) is 0 Å². The molecule has 0 radical (unpaired) electrons. The molecule has 1 unspecified atom stereocenters. The zero-order valence-electron chi connectivity index (χ0n) is 15.8. The van der Waals surface area contributed by atoms with E-state index in [9.17, 15) is 19.8 Å². The molecule has 0 aliphatic carbocycles. The normalized spacial score (nSPS) is 15.6. The minimum absolute atomic E-state index is 0.140. The number of phenols is 2. The van der Waals surface area contributed by atoms with Crippen LogP contribution in [0, 0.1) is 5.92 Å². The van der Waals surface area contributed by atoms with Gasteiger partial charge in [0.05, 0.1) is 5.92 Å². The van der Waals surface area contributed by atoms with Gasteiger partial charge in [-0.1, -0.05) is 26.3 Å². The van der Waals surface area contributed by atoms with Gasteiger partial charge in [0, 0.05) is 0 Å². The largest absolute Gasteiger partial charge is 0.504 e. The quantitative estimate of drug-likeness (QED) is 0.452. The maximum Gasteiger partial charge on any atom is 0.323 e. The fraction of sp³-hybridized carbons (Fsp3) is 0.579. The molecule has 7 heteroatoms. The average Bonchev–Trinajstić information content (AvgIpc) is 2.58. The summed E-state index contributed by atoms with van der Waals surface area (Å²) in [7, 11) is 0. The standard InChI is InChI=1S/C19H29NO6/c1-5-6-11(2)18(23)25-12(3)13(4)26-19(24)15(20)9-14-7-8-16(21)17(22)10-14/h7-8,10-13,15,21-22H,5-6,9,20H2,1-4H3/t11?,12-,13-,15-/m0/s1. The molecule has 0 fully saturated rings. The molecular formula is C19H29NO6. The highest BCUT2D eigenvalue weighted by atomic mass is 16.6. The molecule has 0 saturated heterocycles. The SMILES string of the molecule is CCCC(C)C(=O)O[C@@H](C)[C@H](C)OC(=O)[C@@H](N)Cc1ccc(O)c(O)c1. The third-order valence-corrected chi connectivity index (χ3v) is 4.19. The topological polar surface area (TPSA) is 119 Å². The second-order valence-corrected chi connectivity index (χ2v) is 6.61. The zero-order chi connectivity index (χ0) is 19.9. The molecule has 1 aromatic carbocycles. The third kappa shape index (κ3) is 6.55. The molecule has 0 spiro atoms. The highest BCUT2D eigenvalue weighted by molar-refractivity contribution is 5.76. The van der Waals surface area contributed by atoms with Gasteiger partial charge in [0.1, 0.15) is 18.2 Å². The van der Waals surface area contributed by atoms with Gasteiger partial charge in [-0.05, 0) is 44.4 Å². The van der Waals surface area contributed by atoms with Gasteiger partial charge in [0.15, 0.2) is 11.5 Å². The summed E-state index contributed by atoms with van der Waals surface area (Å²) in [4.78, 5) is 24.1. The van der Waals surface area contributed by atoms with Crippen LogP contribution in [0.1, 0.15) is 46.1 Å². The molecule has 4 atom stereocenters. The van der Waals surface area contributed by atoms with Crippen LogP contribution in [-0.2, 0) is 25.5 Å². The fourth-order valence-electron chi connectivity index (χ4n) is 2.35. The summed E-state index contributed by atoms with van der Waals surface area (Å²) in [5.74, 6) is -1.67. The first-order valence-electron chi connectivity index (χ1n) is 8.83. The lowest BCUT2D eigenvalue weighted by molar-refractivity contribution is -0.168. The first kappa shape index (κ1) is 21.8. The molecule has 0 aliphatic rings. The molecule has 0 amide bonds. The Hall–Kier alpha value is -2.28. The number of ether oxygens (including phenoxy) is 2. The summed E-state index contributed by atoms with van der Waals surface area (Å²) < 4.78 is 10.6. The van der Waals surface area contributed by atoms with E-state index in [0.29, 0.717) is 5.56 Å². The van der Waals surface area contributed by atoms with Crippen LogP contribution in [0.15, 0.2) is 18.2 Å². The molecule has 1 rings (SSSR count). The van der Waals surface area contributed by atoms with Crippen molar-refractivity contribution < 1.29 is 29.3 Å². The van der Waals surface area contributed by atoms with Gasteiger partial charge in [0.25, 0.3) is 0 Å². The predicted octanol–water partition coefficient (Wildman–Crippen LogP) is 2.27. The minimum Gasteiger partial charge on any atom is -0.504 e. The molecule has 0 bridgehead atoms.